The van der Waals surface area contributed by atoms with E-state index in [-0.39, 0.29) is 5.56 Å². The fourth-order valence-corrected chi connectivity index (χ4v) is 1.31. The number of benzene rings is 1. The van der Waals surface area contributed by atoms with Gasteiger partial charge in [-0.15, -0.1) is 0 Å². The zero-order chi connectivity index (χ0) is 10.9. The first-order chi connectivity index (χ1) is 7.07. The van der Waals surface area contributed by atoms with E-state index < -0.39 is 5.92 Å². The summed E-state index contributed by atoms with van der Waals surface area (Å²) in [4.78, 5) is 3.74. The van der Waals surface area contributed by atoms with E-state index in [0.717, 1.165) is 6.92 Å². The van der Waals surface area contributed by atoms with E-state index in [2.05, 4.69) is 11.2 Å². The molecule has 15 heavy (non-hydrogen) atoms. The van der Waals surface area contributed by atoms with Gasteiger partial charge in [0.1, 0.15) is 6.20 Å². The minimum absolute atomic E-state index is 0.00583. The van der Waals surface area contributed by atoms with Gasteiger partial charge in [-0.05, 0) is 12.1 Å². The summed E-state index contributed by atoms with van der Waals surface area (Å²) in [5.74, 6) is -2.82. The van der Waals surface area contributed by atoms with Crippen LogP contribution in [0.4, 0.5) is 8.78 Å². The largest absolute Gasteiger partial charge is 0.306 e. The lowest BCUT2D eigenvalue weighted by molar-refractivity contribution is 0.0174. The summed E-state index contributed by atoms with van der Waals surface area (Å²) in [5.41, 5.74) is 0.650. The number of rotatable bonds is 2. The molecule has 2 nitrogen and oxygen atoms in total. The maximum atomic E-state index is 13.0. The van der Waals surface area contributed by atoms with Gasteiger partial charge >= 0.3 is 0 Å². The highest BCUT2D eigenvalue weighted by Gasteiger charge is 2.24. The molecule has 0 fully saturated rings. The summed E-state index contributed by atoms with van der Waals surface area (Å²) in [5, 5.41) is 0. The van der Waals surface area contributed by atoms with E-state index in [1.165, 1.54) is 18.5 Å². The summed E-state index contributed by atoms with van der Waals surface area (Å²) in [6, 6.07) is 6.19. The Kier molecular flexibility index (Phi) is 2.26. The maximum absolute atomic E-state index is 13.0. The highest BCUT2D eigenvalue weighted by atomic mass is 19.3. The van der Waals surface area contributed by atoms with E-state index in [1.54, 1.807) is 22.9 Å². The van der Waals surface area contributed by atoms with E-state index in [9.17, 15) is 8.78 Å². The molecule has 0 bridgehead atoms. The number of hydrogen-bond acceptors (Lipinski definition) is 1. The first-order valence-corrected chi connectivity index (χ1v) is 4.46. The molecular formula is C11H9F2N2. The Morgan fingerprint density at radius 3 is 2.80 bits per heavy atom. The lowest BCUT2D eigenvalue weighted by Crippen LogP contribution is -2.07. The Bertz CT molecular complexity index is 444. The fourth-order valence-electron chi connectivity index (χ4n) is 1.31. The monoisotopic (exact) mass is 207 g/mol. The Balaban J connectivity index is 2.44. The van der Waals surface area contributed by atoms with Crippen molar-refractivity contribution in [3.05, 3.63) is 48.5 Å². The molecule has 0 aliphatic rings. The Hall–Kier alpha value is -1.71. The third kappa shape index (κ3) is 2.03. The van der Waals surface area contributed by atoms with E-state index in [4.69, 9.17) is 0 Å². The van der Waals surface area contributed by atoms with Gasteiger partial charge in [-0.25, -0.2) is 13.8 Å². The molecule has 0 unspecified atom stereocenters. The quantitative estimate of drug-likeness (QED) is 0.740. The SMILES string of the molecule is CC(F)(F)c1cccc(-n2c[c]nc2)c1. The normalized spacial score (nSPS) is 11.7. The van der Waals surface area contributed by atoms with Crippen LogP contribution in [-0.2, 0) is 5.92 Å². The molecule has 4 heteroatoms. The van der Waals surface area contributed by atoms with Crippen molar-refractivity contribution in [1.29, 1.82) is 0 Å². The van der Waals surface area contributed by atoms with Gasteiger partial charge < -0.3 is 4.57 Å². The van der Waals surface area contributed by atoms with Crippen molar-refractivity contribution in [2.75, 3.05) is 0 Å². The van der Waals surface area contributed by atoms with Gasteiger partial charge in [0.2, 0.25) is 0 Å². The van der Waals surface area contributed by atoms with Crippen LogP contribution in [0.25, 0.3) is 5.69 Å². The van der Waals surface area contributed by atoms with Crippen molar-refractivity contribution < 1.29 is 8.78 Å². The second-order valence-electron chi connectivity index (χ2n) is 3.35. The number of nitrogens with zero attached hydrogens (tertiary/aromatic N) is 2. The molecular weight excluding hydrogens is 198 g/mol. The average molecular weight is 207 g/mol. The Labute approximate surface area is 86.2 Å². The minimum Gasteiger partial charge on any atom is -0.306 e. The number of aromatic nitrogens is 2. The highest BCUT2D eigenvalue weighted by molar-refractivity contribution is 5.37. The Morgan fingerprint density at radius 1 is 1.40 bits per heavy atom. The molecule has 0 aliphatic heterocycles. The third-order valence-electron chi connectivity index (χ3n) is 2.10. The van der Waals surface area contributed by atoms with Crippen LogP contribution in [0, 0.1) is 6.20 Å². The molecule has 0 N–H and O–H groups in total. The molecule has 0 amide bonds. The number of imidazole rings is 1. The van der Waals surface area contributed by atoms with Crippen LogP contribution < -0.4 is 0 Å². The first-order valence-electron chi connectivity index (χ1n) is 4.46. The van der Waals surface area contributed by atoms with Crippen LogP contribution in [-0.4, -0.2) is 9.55 Å². The molecule has 0 spiro atoms. The summed E-state index contributed by atoms with van der Waals surface area (Å²) in [7, 11) is 0. The van der Waals surface area contributed by atoms with Crippen LogP contribution in [0.5, 0.6) is 0 Å². The summed E-state index contributed by atoms with van der Waals surface area (Å²) >= 11 is 0. The van der Waals surface area contributed by atoms with E-state index in [1.807, 2.05) is 0 Å². The van der Waals surface area contributed by atoms with Crippen LogP contribution in [0.1, 0.15) is 12.5 Å². The molecule has 1 radical (unpaired) electrons. The van der Waals surface area contributed by atoms with Crippen LogP contribution >= 0.6 is 0 Å². The van der Waals surface area contributed by atoms with Crippen LogP contribution in [0.2, 0.25) is 0 Å². The predicted molar refractivity (Wildman–Crippen MR) is 52.0 cm³/mol. The highest BCUT2D eigenvalue weighted by Crippen LogP contribution is 2.27. The van der Waals surface area contributed by atoms with Gasteiger partial charge in [0.25, 0.3) is 5.92 Å². The molecule has 1 heterocycles. The van der Waals surface area contributed by atoms with Crippen molar-refractivity contribution in [2.45, 2.75) is 12.8 Å². The summed E-state index contributed by atoms with van der Waals surface area (Å²) in [6.07, 6.45) is 5.72. The lowest BCUT2D eigenvalue weighted by atomic mass is 10.1. The molecule has 1 aromatic heterocycles. The molecule has 0 saturated carbocycles. The second kappa shape index (κ2) is 3.46. The molecule has 1 aromatic carbocycles. The Morgan fingerprint density at radius 2 is 2.20 bits per heavy atom. The standard InChI is InChI=1S/C11H9F2N2/c1-11(12,13)9-3-2-4-10(7-9)15-6-5-14-8-15/h2-4,6-8H,1H3. The maximum Gasteiger partial charge on any atom is 0.270 e. The van der Waals surface area contributed by atoms with Gasteiger partial charge in [0.15, 0.2) is 0 Å². The number of halogens is 2. The molecule has 0 aliphatic carbocycles. The van der Waals surface area contributed by atoms with E-state index >= 15 is 0 Å². The molecule has 77 valence electrons. The van der Waals surface area contributed by atoms with Gasteiger partial charge in [0, 0.05) is 24.4 Å². The molecule has 0 atom stereocenters. The van der Waals surface area contributed by atoms with Crippen molar-refractivity contribution in [3.63, 3.8) is 0 Å². The van der Waals surface area contributed by atoms with Gasteiger partial charge in [0.05, 0.1) is 6.33 Å². The van der Waals surface area contributed by atoms with Crippen LogP contribution in [0.15, 0.2) is 36.8 Å². The predicted octanol–water partition coefficient (Wildman–Crippen LogP) is 2.78. The van der Waals surface area contributed by atoms with Crippen molar-refractivity contribution in [3.8, 4) is 5.69 Å². The molecule has 2 rings (SSSR count). The molecule has 0 saturated heterocycles. The van der Waals surface area contributed by atoms with Crippen LogP contribution in [0.3, 0.4) is 0 Å². The van der Waals surface area contributed by atoms with Gasteiger partial charge in [-0.3, -0.25) is 0 Å². The zero-order valence-electron chi connectivity index (χ0n) is 8.11. The van der Waals surface area contributed by atoms with Gasteiger partial charge in [-0.2, -0.15) is 0 Å². The van der Waals surface area contributed by atoms with Crippen molar-refractivity contribution >= 4 is 0 Å². The third-order valence-corrected chi connectivity index (χ3v) is 2.10. The topological polar surface area (TPSA) is 17.8 Å². The smallest absolute Gasteiger partial charge is 0.270 e. The molecule has 2 aromatic rings. The summed E-state index contributed by atoms with van der Waals surface area (Å²) < 4.78 is 27.7. The fraction of sp³-hybridized carbons (Fsp3) is 0.182. The number of alkyl halides is 2. The summed E-state index contributed by atoms with van der Waals surface area (Å²) in [6.45, 7) is 0.881. The van der Waals surface area contributed by atoms with Gasteiger partial charge in [-0.1, -0.05) is 12.1 Å². The lowest BCUT2D eigenvalue weighted by Gasteiger charge is -2.11. The zero-order valence-corrected chi connectivity index (χ0v) is 8.11. The average Bonchev–Trinajstić information content (AvgIpc) is 2.69. The van der Waals surface area contributed by atoms with Crippen molar-refractivity contribution in [1.82, 2.24) is 9.55 Å². The van der Waals surface area contributed by atoms with E-state index in [0.29, 0.717) is 5.69 Å². The minimum atomic E-state index is -2.82. The number of hydrogen-bond donors (Lipinski definition) is 0. The van der Waals surface area contributed by atoms with Crippen molar-refractivity contribution in [2.24, 2.45) is 0 Å². The first kappa shape index (κ1) is 9.83. The second-order valence-corrected chi connectivity index (χ2v) is 3.35.